The van der Waals surface area contributed by atoms with Crippen molar-refractivity contribution in [2.24, 2.45) is 0 Å². The van der Waals surface area contributed by atoms with Crippen LogP contribution in [0.4, 0.5) is 4.39 Å². The van der Waals surface area contributed by atoms with Crippen LogP contribution in [0.2, 0.25) is 0 Å². The summed E-state index contributed by atoms with van der Waals surface area (Å²) in [6.45, 7) is 2.17. The molecule has 0 radical (unpaired) electrons. The number of hydrogen-bond donors (Lipinski definition) is 0. The molecule has 68 valence electrons. The van der Waals surface area contributed by atoms with Crippen LogP contribution in [-0.4, -0.2) is 4.57 Å². The zero-order valence-corrected chi connectivity index (χ0v) is 7.38. The number of pyridine rings is 1. The predicted molar refractivity (Wildman–Crippen MR) is 48.7 cm³/mol. The van der Waals surface area contributed by atoms with Crippen LogP contribution >= 0.6 is 0 Å². The summed E-state index contributed by atoms with van der Waals surface area (Å²) in [7, 11) is 0. The fraction of sp³-hybridized carbons (Fsp3) is 0.300. The van der Waals surface area contributed by atoms with E-state index in [0.29, 0.717) is 13.0 Å². The van der Waals surface area contributed by atoms with E-state index >= 15 is 0 Å². The Morgan fingerprint density at radius 2 is 2.31 bits per heavy atom. The Balaban J connectivity index is 2.79. The summed E-state index contributed by atoms with van der Waals surface area (Å²) < 4.78 is 14.0. The summed E-state index contributed by atoms with van der Waals surface area (Å²) in [5.74, 6) is 5.13. The maximum Gasteiger partial charge on any atom is 0.250 e. The normalized spacial score (nSPS) is 9.08. The molecule has 1 heterocycles. The molecule has 1 aromatic heterocycles. The van der Waals surface area contributed by atoms with E-state index in [2.05, 4.69) is 11.8 Å². The summed E-state index contributed by atoms with van der Waals surface area (Å²) >= 11 is 0. The van der Waals surface area contributed by atoms with Crippen LogP contribution in [0.1, 0.15) is 13.3 Å². The molecule has 0 aliphatic rings. The average Bonchev–Trinajstić information content (AvgIpc) is 2.11. The predicted octanol–water partition coefficient (Wildman–Crippen LogP) is 1.40. The van der Waals surface area contributed by atoms with Gasteiger partial charge in [0.25, 0.3) is 5.56 Å². The summed E-state index contributed by atoms with van der Waals surface area (Å²) in [5, 5.41) is 0. The number of hydrogen-bond acceptors (Lipinski definition) is 1. The van der Waals surface area contributed by atoms with Gasteiger partial charge in [0.1, 0.15) is 5.82 Å². The Labute approximate surface area is 76.0 Å². The van der Waals surface area contributed by atoms with E-state index < -0.39 is 5.82 Å². The maximum atomic E-state index is 12.7. The number of halogens is 1. The molecule has 0 atom stereocenters. The fourth-order valence-electron chi connectivity index (χ4n) is 0.978. The summed E-state index contributed by atoms with van der Waals surface area (Å²) in [6.07, 6.45) is 1.76. The van der Waals surface area contributed by atoms with Gasteiger partial charge in [-0.15, -0.1) is 11.8 Å². The first-order valence-corrected chi connectivity index (χ1v) is 3.99. The van der Waals surface area contributed by atoms with Gasteiger partial charge in [-0.2, -0.15) is 0 Å². The Morgan fingerprint density at radius 3 is 3.00 bits per heavy atom. The Bertz CT molecular complexity index is 397. The molecule has 0 aliphatic heterocycles. The largest absolute Gasteiger partial charge is 0.312 e. The minimum absolute atomic E-state index is 0.195. The summed E-state index contributed by atoms with van der Waals surface area (Å²) in [4.78, 5) is 11.1. The van der Waals surface area contributed by atoms with Gasteiger partial charge in [0, 0.05) is 25.2 Å². The van der Waals surface area contributed by atoms with Crippen molar-refractivity contribution in [1.82, 2.24) is 4.57 Å². The van der Waals surface area contributed by atoms with Crippen LogP contribution in [0.15, 0.2) is 23.1 Å². The minimum Gasteiger partial charge on any atom is -0.312 e. The lowest BCUT2D eigenvalue weighted by Crippen LogP contribution is -2.18. The smallest absolute Gasteiger partial charge is 0.250 e. The molecule has 13 heavy (non-hydrogen) atoms. The van der Waals surface area contributed by atoms with Gasteiger partial charge in [0.15, 0.2) is 0 Å². The molecule has 0 N–H and O–H groups in total. The zero-order chi connectivity index (χ0) is 9.68. The highest BCUT2D eigenvalue weighted by Gasteiger charge is 1.95. The molecule has 3 heteroatoms. The van der Waals surface area contributed by atoms with E-state index in [1.165, 1.54) is 16.8 Å². The van der Waals surface area contributed by atoms with Crippen molar-refractivity contribution >= 4 is 0 Å². The first-order chi connectivity index (χ1) is 6.24. The second kappa shape index (κ2) is 4.46. The van der Waals surface area contributed by atoms with Gasteiger partial charge in [-0.05, 0) is 13.0 Å². The number of aromatic nitrogens is 1. The number of nitrogens with zero attached hydrogens (tertiary/aromatic N) is 1. The van der Waals surface area contributed by atoms with Crippen LogP contribution in [0.25, 0.3) is 0 Å². The average molecular weight is 179 g/mol. The number of rotatable bonds is 2. The van der Waals surface area contributed by atoms with Crippen LogP contribution in [0.3, 0.4) is 0 Å². The standard InChI is InChI=1S/C10H10FNO/c1-2-3-4-7-12-8-9(11)5-6-10(12)13/h5-6,8H,4,7H2,1H3. The highest BCUT2D eigenvalue weighted by molar-refractivity contribution is 4.99. The van der Waals surface area contributed by atoms with E-state index in [-0.39, 0.29) is 5.56 Å². The van der Waals surface area contributed by atoms with Crippen LogP contribution in [0.5, 0.6) is 0 Å². The topological polar surface area (TPSA) is 22.0 Å². The van der Waals surface area contributed by atoms with Crippen molar-refractivity contribution in [1.29, 1.82) is 0 Å². The first-order valence-electron chi connectivity index (χ1n) is 3.99. The van der Waals surface area contributed by atoms with E-state index in [4.69, 9.17) is 0 Å². The van der Waals surface area contributed by atoms with E-state index in [1.807, 2.05) is 0 Å². The Morgan fingerprint density at radius 1 is 1.54 bits per heavy atom. The van der Waals surface area contributed by atoms with Crippen LogP contribution in [-0.2, 0) is 6.54 Å². The molecule has 0 aromatic carbocycles. The molecule has 0 saturated carbocycles. The molecule has 0 fully saturated rings. The van der Waals surface area contributed by atoms with E-state index in [1.54, 1.807) is 6.92 Å². The van der Waals surface area contributed by atoms with Gasteiger partial charge < -0.3 is 4.57 Å². The highest BCUT2D eigenvalue weighted by atomic mass is 19.1. The molecule has 0 saturated heterocycles. The lowest BCUT2D eigenvalue weighted by Gasteiger charge is -2.00. The molecule has 2 nitrogen and oxygen atoms in total. The molecule has 0 amide bonds. The third-order valence-corrected chi connectivity index (χ3v) is 1.60. The molecule has 0 unspecified atom stereocenters. The van der Waals surface area contributed by atoms with Crippen molar-refractivity contribution in [3.63, 3.8) is 0 Å². The van der Waals surface area contributed by atoms with Gasteiger partial charge >= 0.3 is 0 Å². The lowest BCUT2D eigenvalue weighted by atomic mass is 10.4. The third kappa shape index (κ3) is 2.75. The van der Waals surface area contributed by atoms with Gasteiger partial charge in [0.05, 0.1) is 0 Å². The second-order valence-electron chi connectivity index (χ2n) is 2.56. The maximum absolute atomic E-state index is 12.7. The first kappa shape index (κ1) is 9.53. The monoisotopic (exact) mass is 179 g/mol. The van der Waals surface area contributed by atoms with E-state index in [0.717, 1.165) is 6.07 Å². The quantitative estimate of drug-likeness (QED) is 0.629. The van der Waals surface area contributed by atoms with Gasteiger partial charge in [-0.1, -0.05) is 0 Å². The number of aryl methyl sites for hydroxylation is 1. The van der Waals surface area contributed by atoms with Crippen molar-refractivity contribution < 1.29 is 4.39 Å². The van der Waals surface area contributed by atoms with Crippen LogP contribution in [0, 0.1) is 17.7 Å². The minimum atomic E-state index is -0.399. The molecule has 1 rings (SSSR count). The summed E-state index contributed by atoms with van der Waals surface area (Å²) in [6, 6.07) is 2.37. The fourth-order valence-corrected chi connectivity index (χ4v) is 0.978. The second-order valence-corrected chi connectivity index (χ2v) is 2.56. The van der Waals surface area contributed by atoms with Crippen molar-refractivity contribution in [2.75, 3.05) is 0 Å². The molecule has 1 aromatic rings. The SMILES string of the molecule is CC#CCCn1cc(F)ccc1=O. The molecule has 0 aliphatic carbocycles. The van der Waals surface area contributed by atoms with Gasteiger partial charge in [-0.25, -0.2) is 4.39 Å². The van der Waals surface area contributed by atoms with Crippen molar-refractivity contribution in [3.05, 3.63) is 34.5 Å². The summed E-state index contributed by atoms with van der Waals surface area (Å²) in [5.41, 5.74) is -0.195. The molecule has 0 bridgehead atoms. The lowest BCUT2D eigenvalue weighted by molar-refractivity contribution is 0.583. The zero-order valence-electron chi connectivity index (χ0n) is 7.38. The third-order valence-electron chi connectivity index (χ3n) is 1.60. The van der Waals surface area contributed by atoms with Crippen molar-refractivity contribution in [2.45, 2.75) is 19.9 Å². The molecular weight excluding hydrogens is 169 g/mol. The Hall–Kier alpha value is -1.56. The molecule has 0 spiro atoms. The Kier molecular flexibility index (Phi) is 3.27. The van der Waals surface area contributed by atoms with Gasteiger partial charge in [0.2, 0.25) is 0 Å². The molecular formula is C10H10FNO. The van der Waals surface area contributed by atoms with Crippen molar-refractivity contribution in [3.8, 4) is 11.8 Å². The van der Waals surface area contributed by atoms with Crippen LogP contribution < -0.4 is 5.56 Å². The van der Waals surface area contributed by atoms with Gasteiger partial charge in [-0.3, -0.25) is 4.79 Å². The highest BCUT2D eigenvalue weighted by Crippen LogP contribution is 1.92. The van der Waals surface area contributed by atoms with E-state index in [9.17, 15) is 9.18 Å².